The fraction of sp³-hybridized carbons (Fsp3) is 0. The van der Waals surface area contributed by atoms with Crippen LogP contribution in [0.2, 0.25) is 10.0 Å². The molecule has 25 heavy (non-hydrogen) atoms. The lowest BCUT2D eigenvalue weighted by Gasteiger charge is -2.04. The van der Waals surface area contributed by atoms with Crippen LogP contribution >= 0.6 is 34.5 Å². The van der Waals surface area contributed by atoms with Gasteiger partial charge in [-0.25, -0.2) is 19.2 Å². The van der Waals surface area contributed by atoms with Crippen molar-refractivity contribution in [1.82, 2.24) is 29.4 Å². The summed E-state index contributed by atoms with van der Waals surface area (Å²) in [6.45, 7) is 0. The minimum absolute atomic E-state index is 0.464. The molecule has 122 valence electrons. The largest absolute Gasteiger partial charge is 0.216 e. The van der Waals surface area contributed by atoms with E-state index in [9.17, 15) is 0 Å². The molecule has 9 heteroatoms. The molecule has 0 aliphatic carbocycles. The third-order valence-electron chi connectivity index (χ3n) is 3.79. The zero-order valence-corrected chi connectivity index (χ0v) is 14.8. The van der Waals surface area contributed by atoms with Crippen molar-refractivity contribution in [1.29, 1.82) is 0 Å². The fourth-order valence-electron chi connectivity index (χ4n) is 2.64. The normalized spacial score (nSPS) is 11.6. The maximum atomic E-state index is 6.12. The summed E-state index contributed by atoms with van der Waals surface area (Å²) in [6.07, 6.45) is 3.37. The summed E-state index contributed by atoms with van der Waals surface area (Å²) in [5, 5.41) is 12.7. The lowest BCUT2D eigenvalue weighted by atomic mass is 10.3. The van der Waals surface area contributed by atoms with Gasteiger partial charge < -0.3 is 0 Å². The zero-order chi connectivity index (χ0) is 17.0. The molecule has 0 N–H and O–H groups in total. The topological polar surface area (TPSA) is 60.9 Å². The van der Waals surface area contributed by atoms with E-state index in [-0.39, 0.29) is 0 Å². The minimum atomic E-state index is 0.464. The first-order chi connectivity index (χ1) is 12.2. The van der Waals surface area contributed by atoms with Crippen molar-refractivity contribution in [2.24, 2.45) is 0 Å². The Morgan fingerprint density at radius 1 is 1.04 bits per heavy atom. The Labute approximate surface area is 155 Å². The maximum Gasteiger partial charge on any atom is 0.192 e. The van der Waals surface area contributed by atoms with E-state index in [0.29, 0.717) is 27.2 Å². The smallest absolute Gasteiger partial charge is 0.192 e. The summed E-state index contributed by atoms with van der Waals surface area (Å²) in [6, 6.07) is 9.29. The minimum Gasteiger partial charge on any atom is -0.216 e. The van der Waals surface area contributed by atoms with Gasteiger partial charge in [-0.2, -0.15) is 5.10 Å². The molecule has 6 nitrogen and oxygen atoms in total. The van der Waals surface area contributed by atoms with Gasteiger partial charge in [0.1, 0.15) is 6.33 Å². The molecular weight excluding hydrogens is 379 g/mol. The molecule has 0 aliphatic rings. The predicted octanol–water partition coefficient (Wildman–Crippen LogP) is 4.50. The second-order valence-electron chi connectivity index (χ2n) is 5.32. The summed E-state index contributed by atoms with van der Waals surface area (Å²) in [5.41, 5.74) is 2.16. The van der Waals surface area contributed by atoms with E-state index in [2.05, 4.69) is 20.2 Å². The third kappa shape index (κ3) is 2.31. The molecule has 4 aromatic heterocycles. The molecule has 0 spiro atoms. The number of hydrogen-bond donors (Lipinski definition) is 0. The molecule has 5 aromatic rings. The quantitative estimate of drug-likeness (QED) is 0.448. The van der Waals surface area contributed by atoms with Gasteiger partial charge in [-0.1, -0.05) is 29.3 Å². The second kappa shape index (κ2) is 5.52. The van der Waals surface area contributed by atoms with Crippen molar-refractivity contribution in [3.63, 3.8) is 0 Å². The highest BCUT2D eigenvalue weighted by atomic mass is 35.5. The van der Waals surface area contributed by atoms with Gasteiger partial charge in [0.05, 0.1) is 32.2 Å². The van der Waals surface area contributed by atoms with Gasteiger partial charge in [0.2, 0.25) is 0 Å². The van der Waals surface area contributed by atoms with Crippen LogP contribution in [0, 0.1) is 0 Å². The van der Waals surface area contributed by atoms with Crippen molar-refractivity contribution in [2.75, 3.05) is 0 Å². The molecule has 0 amide bonds. The van der Waals surface area contributed by atoms with Crippen molar-refractivity contribution in [3.8, 4) is 16.4 Å². The fourth-order valence-corrected chi connectivity index (χ4v) is 3.58. The summed E-state index contributed by atoms with van der Waals surface area (Å²) in [5.74, 6) is 0.673. The summed E-state index contributed by atoms with van der Waals surface area (Å²) < 4.78 is 3.37. The van der Waals surface area contributed by atoms with E-state index < -0.39 is 0 Å². The number of fused-ring (bicyclic) bond motifs is 3. The van der Waals surface area contributed by atoms with Crippen LogP contribution in [-0.2, 0) is 0 Å². The number of hydrogen-bond acceptors (Lipinski definition) is 5. The first-order valence-corrected chi connectivity index (χ1v) is 8.93. The Hall–Kier alpha value is -2.48. The molecule has 4 heterocycles. The van der Waals surface area contributed by atoms with Gasteiger partial charge >= 0.3 is 0 Å². The standard InChI is InChI=1S/C16H8Cl2N6S/c17-11-4-3-9(6-12(11)18)24-15-10(7-20-24)16-21-14(13-2-1-5-25-13)22-23(16)8-19-15/h1-8H. The molecule has 1 aromatic carbocycles. The van der Waals surface area contributed by atoms with Crippen LogP contribution < -0.4 is 0 Å². The Bertz CT molecular complexity index is 1220. The molecule has 0 unspecified atom stereocenters. The van der Waals surface area contributed by atoms with Crippen LogP contribution in [0.5, 0.6) is 0 Å². The van der Waals surface area contributed by atoms with Crippen LogP contribution in [0.4, 0.5) is 0 Å². The number of nitrogens with zero attached hydrogens (tertiary/aromatic N) is 6. The first-order valence-electron chi connectivity index (χ1n) is 7.29. The van der Waals surface area contributed by atoms with E-state index in [1.807, 2.05) is 23.6 Å². The number of benzene rings is 1. The van der Waals surface area contributed by atoms with Crippen LogP contribution in [0.3, 0.4) is 0 Å². The van der Waals surface area contributed by atoms with Gasteiger partial charge in [0.25, 0.3) is 0 Å². The summed E-state index contributed by atoms with van der Waals surface area (Å²) in [4.78, 5) is 10.1. The van der Waals surface area contributed by atoms with Crippen LogP contribution in [0.1, 0.15) is 0 Å². The molecule has 0 saturated heterocycles. The van der Waals surface area contributed by atoms with E-state index in [1.165, 1.54) is 0 Å². The highest BCUT2D eigenvalue weighted by Gasteiger charge is 2.15. The van der Waals surface area contributed by atoms with Crippen molar-refractivity contribution < 1.29 is 0 Å². The van der Waals surface area contributed by atoms with Gasteiger partial charge in [-0.05, 0) is 29.6 Å². The molecule has 0 atom stereocenters. The average molecular weight is 387 g/mol. The third-order valence-corrected chi connectivity index (χ3v) is 5.40. The summed E-state index contributed by atoms with van der Waals surface area (Å²) >= 11 is 13.7. The molecule has 0 bridgehead atoms. The summed E-state index contributed by atoms with van der Waals surface area (Å²) in [7, 11) is 0. The number of thiophene rings is 1. The number of halogens is 2. The second-order valence-corrected chi connectivity index (χ2v) is 7.08. The zero-order valence-electron chi connectivity index (χ0n) is 12.5. The van der Waals surface area contributed by atoms with E-state index in [1.54, 1.807) is 45.2 Å². The highest BCUT2D eigenvalue weighted by molar-refractivity contribution is 7.13. The van der Waals surface area contributed by atoms with E-state index >= 15 is 0 Å². The molecule has 0 fully saturated rings. The Kier molecular flexibility index (Phi) is 3.27. The van der Waals surface area contributed by atoms with Crippen LogP contribution in [0.15, 0.2) is 48.2 Å². The lowest BCUT2D eigenvalue weighted by Crippen LogP contribution is -1.99. The van der Waals surface area contributed by atoms with Gasteiger partial charge in [0.15, 0.2) is 17.1 Å². The molecule has 5 rings (SSSR count). The van der Waals surface area contributed by atoms with Crippen LogP contribution in [0.25, 0.3) is 33.1 Å². The Morgan fingerprint density at radius 3 is 2.76 bits per heavy atom. The van der Waals surface area contributed by atoms with Crippen molar-refractivity contribution in [2.45, 2.75) is 0 Å². The molecular formula is C16H8Cl2N6S. The first kappa shape index (κ1) is 14.8. The molecule has 0 saturated carbocycles. The SMILES string of the molecule is Clc1ccc(-n2ncc3c2ncn2nc(-c4cccs4)nc32)cc1Cl. The number of aromatic nitrogens is 6. The van der Waals surface area contributed by atoms with Gasteiger partial charge in [-0.15, -0.1) is 16.4 Å². The molecule has 0 aliphatic heterocycles. The van der Waals surface area contributed by atoms with Crippen molar-refractivity contribution >= 4 is 51.2 Å². The van der Waals surface area contributed by atoms with Gasteiger partial charge in [0, 0.05) is 0 Å². The van der Waals surface area contributed by atoms with Gasteiger partial charge in [-0.3, -0.25) is 0 Å². The maximum absolute atomic E-state index is 6.12. The monoisotopic (exact) mass is 386 g/mol. The van der Waals surface area contributed by atoms with E-state index in [0.717, 1.165) is 16.0 Å². The van der Waals surface area contributed by atoms with Crippen LogP contribution in [-0.4, -0.2) is 29.4 Å². The van der Waals surface area contributed by atoms with E-state index in [4.69, 9.17) is 23.2 Å². The average Bonchev–Trinajstić information content (AvgIpc) is 3.34. The highest BCUT2D eigenvalue weighted by Crippen LogP contribution is 2.27. The predicted molar refractivity (Wildman–Crippen MR) is 98.7 cm³/mol. The Balaban J connectivity index is 1.73. The molecule has 0 radical (unpaired) electrons. The lowest BCUT2D eigenvalue weighted by molar-refractivity contribution is 0.883. The van der Waals surface area contributed by atoms with Crippen molar-refractivity contribution in [3.05, 3.63) is 58.3 Å². The Morgan fingerprint density at radius 2 is 1.96 bits per heavy atom. The number of rotatable bonds is 2.